The molecule has 0 radical (unpaired) electrons. The number of aromatic amines is 1. The van der Waals surface area contributed by atoms with Crippen LogP contribution in [0.15, 0.2) is 23.3 Å². The minimum atomic E-state index is -4.90. The Morgan fingerprint density at radius 3 is 2.52 bits per heavy atom. The Morgan fingerprint density at radius 2 is 1.86 bits per heavy atom. The van der Waals surface area contributed by atoms with E-state index >= 15 is 0 Å². The number of carbonyl (C=O) groups is 2. The Labute approximate surface area is 248 Å². The molecule has 2 amide bonds. The predicted octanol–water partition coefficient (Wildman–Crippen LogP) is 3.52. The quantitative estimate of drug-likeness (QED) is 0.301. The Balaban J connectivity index is 1.37. The van der Waals surface area contributed by atoms with Crippen molar-refractivity contribution < 1.29 is 40.7 Å². The van der Waals surface area contributed by atoms with Crippen LogP contribution in [0, 0.1) is 5.92 Å². The van der Waals surface area contributed by atoms with Gasteiger partial charge in [-0.1, -0.05) is 20.3 Å². The monoisotopic (exact) mass is 633 g/mol. The second-order valence-corrected chi connectivity index (χ2v) is 10.9. The average molecular weight is 634 g/mol. The first-order chi connectivity index (χ1) is 20.6. The number of fused-ring (bicyclic) bond motifs is 3. The number of hydrogen-bond acceptors (Lipinski definition) is 8. The molecule has 0 saturated carbocycles. The summed E-state index contributed by atoms with van der Waals surface area (Å²) in [6.45, 7) is 5.77. The third kappa shape index (κ3) is 7.25. The van der Waals surface area contributed by atoms with E-state index in [1.54, 1.807) is 10.00 Å². The number of piperazine rings is 1. The van der Waals surface area contributed by atoms with E-state index in [1.165, 1.54) is 16.7 Å². The van der Waals surface area contributed by atoms with E-state index in [0.29, 0.717) is 6.42 Å². The molecule has 2 aromatic heterocycles. The molecule has 3 atom stereocenters. The number of nitrogens with one attached hydrogen (secondary N) is 2. The first-order valence-corrected chi connectivity index (χ1v) is 14.0. The first-order valence-electron chi connectivity index (χ1n) is 14.0. The van der Waals surface area contributed by atoms with E-state index in [0.717, 1.165) is 18.5 Å². The van der Waals surface area contributed by atoms with Crippen molar-refractivity contribution in [1.29, 1.82) is 0 Å². The van der Waals surface area contributed by atoms with Crippen LogP contribution in [0.25, 0.3) is 0 Å². The van der Waals surface area contributed by atoms with Crippen LogP contribution in [-0.2, 0) is 26.7 Å². The van der Waals surface area contributed by atoms with E-state index in [9.17, 15) is 40.7 Å². The van der Waals surface area contributed by atoms with Gasteiger partial charge in [0.25, 0.3) is 11.5 Å². The summed E-state index contributed by atoms with van der Waals surface area (Å²) in [5, 5.41) is 7.70. The predicted molar refractivity (Wildman–Crippen MR) is 147 cm³/mol. The van der Waals surface area contributed by atoms with Crippen LogP contribution in [0.3, 0.4) is 0 Å². The molecule has 0 spiro atoms. The second-order valence-electron chi connectivity index (χ2n) is 10.9. The third-order valence-corrected chi connectivity index (χ3v) is 7.58. The topological polar surface area (TPSA) is 124 Å². The van der Waals surface area contributed by atoms with Crippen LogP contribution >= 0.6 is 0 Å². The Bertz CT molecular complexity index is 1420. The van der Waals surface area contributed by atoms with Gasteiger partial charge in [0.15, 0.2) is 5.82 Å². The fourth-order valence-corrected chi connectivity index (χ4v) is 5.10. The molecule has 242 valence electrons. The number of hydrogen-bond donors (Lipinski definition) is 2. The van der Waals surface area contributed by atoms with Gasteiger partial charge in [-0.25, -0.2) is 10.1 Å². The molecular weight excluding hydrogens is 600 g/mol. The number of H-pyrrole nitrogens is 1. The van der Waals surface area contributed by atoms with Crippen molar-refractivity contribution in [2.24, 2.45) is 5.92 Å². The number of alkyl halides is 6. The molecule has 0 aromatic carbocycles. The average Bonchev–Trinajstić information content (AvgIpc) is 2.95. The fourth-order valence-electron chi connectivity index (χ4n) is 5.10. The lowest BCUT2D eigenvalue weighted by atomic mass is 10.0. The van der Waals surface area contributed by atoms with Crippen LogP contribution in [0.4, 0.5) is 43.5 Å². The standard InChI is InChI=1S/C27H33F6N7O4/c1-4-15(2)12-40-19-9-17(26(28,29)30)10-34-23(19)39-7-6-38(13-20(39)25(40)43)21(41)5-8-44-14-16(3)36-18-11-35-37-24(42)22(18)27(31,32)33/h9-11,15-16,20H,4-8,12-14H2,1-3H3,(H2,36,37,42)/t15-,16-,20+/m0/s1. The van der Waals surface area contributed by atoms with Crippen LogP contribution in [0.2, 0.25) is 0 Å². The summed E-state index contributed by atoms with van der Waals surface area (Å²) in [5.41, 5.74) is -4.16. The van der Waals surface area contributed by atoms with Gasteiger partial charge in [0.2, 0.25) is 5.91 Å². The highest BCUT2D eigenvalue weighted by Gasteiger charge is 2.45. The summed E-state index contributed by atoms with van der Waals surface area (Å²) >= 11 is 0. The largest absolute Gasteiger partial charge is 0.423 e. The lowest BCUT2D eigenvalue weighted by molar-refractivity contribution is -0.138. The highest BCUT2D eigenvalue weighted by Crippen LogP contribution is 2.40. The lowest BCUT2D eigenvalue weighted by Gasteiger charge is -2.47. The maximum atomic E-state index is 13.6. The van der Waals surface area contributed by atoms with Crippen LogP contribution < -0.4 is 20.7 Å². The van der Waals surface area contributed by atoms with Crippen LogP contribution in [-0.4, -0.2) is 83.4 Å². The number of anilines is 3. The van der Waals surface area contributed by atoms with E-state index in [2.05, 4.69) is 15.4 Å². The number of pyridine rings is 1. The number of halogens is 6. The first kappa shape index (κ1) is 33.0. The second kappa shape index (κ2) is 13.0. The van der Waals surface area contributed by atoms with Crippen molar-refractivity contribution in [3.8, 4) is 0 Å². The number of amides is 2. The van der Waals surface area contributed by atoms with Gasteiger partial charge in [-0.05, 0) is 18.9 Å². The molecule has 44 heavy (non-hydrogen) atoms. The van der Waals surface area contributed by atoms with E-state index in [4.69, 9.17) is 4.74 Å². The van der Waals surface area contributed by atoms with Crippen molar-refractivity contribution in [3.63, 3.8) is 0 Å². The molecule has 11 nitrogen and oxygen atoms in total. The van der Waals surface area contributed by atoms with E-state index < -0.39 is 52.7 Å². The normalized spacial score (nSPS) is 18.5. The van der Waals surface area contributed by atoms with Gasteiger partial charge in [0.1, 0.15) is 11.6 Å². The third-order valence-electron chi connectivity index (χ3n) is 7.58. The van der Waals surface area contributed by atoms with Crippen molar-refractivity contribution in [2.75, 3.05) is 54.5 Å². The van der Waals surface area contributed by atoms with Gasteiger partial charge in [-0.3, -0.25) is 14.4 Å². The Morgan fingerprint density at radius 1 is 1.14 bits per heavy atom. The van der Waals surface area contributed by atoms with Crippen molar-refractivity contribution >= 4 is 29.0 Å². The van der Waals surface area contributed by atoms with Gasteiger partial charge in [0.05, 0.1) is 49.3 Å². The van der Waals surface area contributed by atoms with Crippen molar-refractivity contribution in [3.05, 3.63) is 39.9 Å². The molecule has 1 fully saturated rings. The van der Waals surface area contributed by atoms with Crippen LogP contribution in [0.5, 0.6) is 0 Å². The molecule has 4 heterocycles. The molecule has 2 aliphatic heterocycles. The number of rotatable bonds is 10. The lowest BCUT2D eigenvalue weighted by Crippen LogP contribution is -2.64. The molecule has 0 bridgehead atoms. The Hall–Kier alpha value is -3.89. The van der Waals surface area contributed by atoms with Gasteiger partial charge < -0.3 is 24.8 Å². The fraction of sp³-hybridized carbons (Fsp3) is 0.593. The smallest absolute Gasteiger partial charge is 0.379 e. The van der Waals surface area contributed by atoms with Crippen molar-refractivity contribution in [1.82, 2.24) is 20.1 Å². The zero-order chi connectivity index (χ0) is 32.4. The number of aromatic nitrogens is 3. The number of ether oxygens (including phenoxy) is 1. The molecule has 4 rings (SSSR count). The highest BCUT2D eigenvalue weighted by atomic mass is 19.4. The maximum absolute atomic E-state index is 13.6. The molecule has 2 aromatic rings. The zero-order valence-electron chi connectivity index (χ0n) is 24.3. The summed E-state index contributed by atoms with van der Waals surface area (Å²) in [6.07, 6.45) is -7.31. The molecule has 2 aliphatic rings. The molecule has 1 saturated heterocycles. The minimum absolute atomic E-state index is 0.00198. The summed E-state index contributed by atoms with van der Waals surface area (Å²) in [6, 6.07) is -0.552. The van der Waals surface area contributed by atoms with Gasteiger partial charge in [0, 0.05) is 31.9 Å². The molecule has 0 unspecified atom stereocenters. The number of carbonyl (C=O) groups excluding carboxylic acids is 2. The van der Waals surface area contributed by atoms with E-state index in [-0.39, 0.29) is 69.1 Å². The summed E-state index contributed by atoms with van der Waals surface area (Å²) in [4.78, 5) is 46.8. The van der Waals surface area contributed by atoms with E-state index in [1.807, 2.05) is 13.8 Å². The molecule has 0 aliphatic carbocycles. The van der Waals surface area contributed by atoms with Gasteiger partial charge in [-0.15, -0.1) is 0 Å². The summed E-state index contributed by atoms with van der Waals surface area (Å²) < 4.78 is 85.6. The molecule has 17 heteroatoms. The summed E-state index contributed by atoms with van der Waals surface area (Å²) in [7, 11) is 0. The highest BCUT2D eigenvalue weighted by molar-refractivity contribution is 6.05. The van der Waals surface area contributed by atoms with Gasteiger partial charge >= 0.3 is 12.4 Å². The number of nitrogens with zero attached hydrogens (tertiary/aromatic N) is 5. The Kier molecular flexibility index (Phi) is 9.75. The summed E-state index contributed by atoms with van der Waals surface area (Å²) in [5.74, 6) is -0.481. The zero-order valence-corrected chi connectivity index (χ0v) is 24.3. The van der Waals surface area contributed by atoms with Crippen molar-refractivity contribution in [2.45, 2.75) is 58.0 Å². The van der Waals surface area contributed by atoms with Crippen LogP contribution in [0.1, 0.15) is 44.7 Å². The SMILES string of the molecule is CC[C@H](C)CN1C(=O)[C@H]2CN(C(=O)CCOC[C@H](C)Nc3cn[nH]c(=O)c3C(F)(F)F)CCN2c2ncc(C(F)(F)F)cc21. The minimum Gasteiger partial charge on any atom is -0.379 e. The molecule has 2 N–H and O–H groups in total. The maximum Gasteiger partial charge on any atom is 0.423 e. The van der Waals surface area contributed by atoms with Gasteiger partial charge in [-0.2, -0.15) is 31.4 Å². The molecular formula is C27H33F6N7O4.